The standard InChI is InChI=1S/C8H10F8O4S.Na/c1-5(9,10)6(11,12)7(13,14)8(15,16)20-3-2-4-21(17,18)19;/h2-4H2,1H3,(H,17,18,19);/q;+1/p-1. The molecule has 0 N–H and O–H groups in total. The van der Waals surface area contributed by atoms with Crippen LogP contribution < -0.4 is 29.6 Å². The topological polar surface area (TPSA) is 66.4 Å². The first-order chi connectivity index (χ1) is 8.96. The van der Waals surface area contributed by atoms with E-state index in [2.05, 4.69) is 4.74 Å². The summed E-state index contributed by atoms with van der Waals surface area (Å²) in [6, 6.07) is 0. The van der Waals surface area contributed by atoms with Crippen molar-refractivity contribution in [3.05, 3.63) is 0 Å². The number of hydrogen-bond acceptors (Lipinski definition) is 4. The summed E-state index contributed by atoms with van der Waals surface area (Å²) in [5.74, 6) is -19.7. The Morgan fingerprint density at radius 1 is 0.955 bits per heavy atom. The molecular formula is C8H9F8NaO4S. The Hall–Kier alpha value is 0.310. The molecule has 0 amide bonds. The maximum atomic E-state index is 12.9. The molecule has 0 heterocycles. The van der Waals surface area contributed by atoms with E-state index >= 15 is 0 Å². The van der Waals surface area contributed by atoms with Gasteiger partial charge in [-0.15, -0.1) is 0 Å². The Morgan fingerprint density at radius 3 is 1.68 bits per heavy atom. The van der Waals surface area contributed by atoms with Crippen LogP contribution in [0.3, 0.4) is 0 Å². The van der Waals surface area contributed by atoms with Crippen molar-refractivity contribution in [1.29, 1.82) is 0 Å². The quantitative estimate of drug-likeness (QED) is 0.247. The van der Waals surface area contributed by atoms with Crippen LogP contribution in [0.25, 0.3) is 0 Å². The fourth-order valence-corrected chi connectivity index (χ4v) is 1.46. The second-order valence-electron chi connectivity index (χ2n) is 4.02. The van der Waals surface area contributed by atoms with E-state index in [0.29, 0.717) is 0 Å². The van der Waals surface area contributed by atoms with Crippen molar-refractivity contribution in [2.45, 2.75) is 37.2 Å². The maximum Gasteiger partial charge on any atom is 1.00 e. The van der Waals surface area contributed by atoms with Gasteiger partial charge in [-0.1, -0.05) is 0 Å². The van der Waals surface area contributed by atoms with Crippen LogP contribution in [-0.4, -0.2) is 49.2 Å². The molecular weight excluding hydrogens is 367 g/mol. The van der Waals surface area contributed by atoms with Gasteiger partial charge in [0.05, 0.1) is 16.7 Å². The van der Waals surface area contributed by atoms with Gasteiger partial charge in [-0.25, -0.2) is 8.42 Å². The van der Waals surface area contributed by atoms with E-state index in [0.717, 1.165) is 0 Å². The third-order valence-corrected chi connectivity index (χ3v) is 2.92. The first-order valence-electron chi connectivity index (χ1n) is 5.04. The van der Waals surface area contributed by atoms with Gasteiger partial charge in [-0.3, -0.25) is 0 Å². The van der Waals surface area contributed by atoms with Gasteiger partial charge in [0.25, 0.3) is 0 Å². The molecule has 4 nitrogen and oxygen atoms in total. The minimum absolute atomic E-state index is 0. The summed E-state index contributed by atoms with van der Waals surface area (Å²) in [5, 5.41) is 0. The third kappa shape index (κ3) is 5.74. The molecule has 0 rings (SSSR count). The monoisotopic (exact) mass is 376 g/mol. The van der Waals surface area contributed by atoms with Crippen molar-refractivity contribution in [1.82, 2.24) is 0 Å². The SMILES string of the molecule is CC(F)(F)C(F)(F)C(F)(F)C(F)(F)OCCCS(=O)(=O)[O-].[Na+]. The summed E-state index contributed by atoms with van der Waals surface area (Å²) in [6.07, 6.45) is -7.01. The minimum atomic E-state index is -6.56. The number of alkyl halides is 8. The number of hydrogen-bond donors (Lipinski definition) is 0. The van der Waals surface area contributed by atoms with Crippen molar-refractivity contribution in [3.8, 4) is 0 Å². The van der Waals surface area contributed by atoms with E-state index in [1.807, 2.05) is 0 Å². The van der Waals surface area contributed by atoms with Gasteiger partial charge in [0, 0.05) is 12.7 Å². The van der Waals surface area contributed by atoms with Gasteiger partial charge < -0.3 is 9.29 Å². The molecule has 0 aliphatic carbocycles. The van der Waals surface area contributed by atoms with Crippen LogP contribution in [-0.2, 0) is 14.9 Å². The van der Waals surface area contributed by atoms with E-state index in [9.17, 15) is 48.1 Å². The van der Waals surface area contributed by atoms with Gasteiger partial charge in [0.2, 0.25) is 0 Å². The summed E-state index contributed by atoms with van der Waals surface area (Å²) in [4.78, 5) is 0. The van der Waals surface area contributed by atoms with Crippen LogP contribution in [0.2, 0.25) is 0 Å². The predicted molar refractivity (Wildman–Crippen MR) is 50.6 cm³/mol. The van der Waals surface area contributed by atoms with Crippen LogP contribution in [0.1, 0.15) is 13.3 Å². The molecule has 0 aromatic rings. The van der Waals surface area contributed by atoms with Gasteiger partial charge in [0.15, 0.2) is 0 Å². The Labute approximate surface area is 142 Å². The Kier molecular flexibility index (Phi) is 8.34. The Bertz CT molecular complexity index is 461. The van der Waals surface area contributed by atoms with Crippen LogP contribution >= 0.6 is 0 Å². The Balaban J connectivity index is 0. The number of rotatable bonds is 8. The molecule has 0 aliphatic rings. The molecule has 14 heteroatoms. The molecule has 128 valence electrons. The van der Waals surface area contributed by atoms with E-state index in [-0.39, 0.29) is 29.6 Å². The van der Waals surface area contributed by atoms with Crippen molar-refractivity contribution in [2.24, 2.45) is 0 Å². The zero-order valence-electron chi connectivity index (χ0n) is 11.2. The Morgan fingerprint density at radius 2 is 1.36 bits per heavy atom. The third-order valence-electron chi connectivity index (χ3n) is 2.13. The average Bonchev–Trinajstić information content (AvgIpc) is 2.21. The second kappa shape index (κ2) is 7.47. The van der Waals surface area contributed by atoms with Gasteiger partial charge in [0.1, 0.15) is 0 Å². The zero-order chi connectivity index (χ0) is 17.3. The van der Waals surface area contributed by atoms with Gasteiger partial charge in [-0.05, 0) is 6.42 Å². The van der Waals surface area contributed by atoms with E-state index in [1.54, 1.807) is 0 Å². The molecule has 0 aromatic carbocycles. The van der Waals surface area contributed by atoms with Crippen molar-refractivity contribution in [3.63, 3.8) is 0 Å². The van der Waals surface area contributed by atoms with E-state index < -0.39 is 59.7 Å². The minimum Gasteiger partial charge on any atom is -0.748 e. The van der Waals surface area contributed by atoms with Crippen LogP contribution in [0.4, 0.5) is 35.1 Å². The zero-order valence-corrected chi connectivity index (χ0v) is 14.0. The molecule has 0 bridgehead atoms. The smallest absolute Gasteiger partial charge is 0.748 e. The first-order valence-corrected chi connectivity index (χ1v) is 6.62. The van der Waals surface area contributed by atoms with Crippen LogP contribution in [0, 0.1) is 0 Å². The van der Waals surface area contributed by atoms with Crippen molar-refractivity contribution in [2.75, 3.05) is 12.4 Å². The molecule has 0 radical (unpaired) electrons. The average molecular weight is 376 g/mol. The normalized spacial score (nSPS) is 14.6. The van der Waals surface area contributed by atoms with Crippen molar-refractivity contribution < 1.29 is 82.4 Å². The summed E-state index contributed by atoms with van der Waals surface area (Å²) < 4.78 is 135. The summed E-state index contributed by atoms with van der Waals surface area (Å²) in [5.41, 5.74) is 0. The van der Waals surface area contributed by atoms with Crippen molar-refractivity contribution >= 4 is 10.1 Å². The fraction of sp³-hybridized carbons (Fsp3) is 1.00. The molecule has 0 atom stereocenters. The largest absolute Gasteiger partial charge is 1.00 e. The fourth-order valence-electron chi connectivity index (χ4n) is 0.985. The number of halogens is 8. The first kappa shape index (κ1) is 24.6. The van der Waals surface area contributed by atoms with Gasteiger partial charge in [-0.2, -0.15) is 35.1 Å². The molecule has 0 aliphatic heterocycles. The van der Waals surface area contributed by atoms with Crippen LogP contribution in [0.5, 0.6) is 0 Å². The maximum absolute atomic E-state index is 12.9. The molecule has 0 aromatic heterocycles. The summed E-state index contributed by atoms with van der Waals surface area (Å²) in [6.45, 7) is -2.21. The number of ether oxygens (including phenoxy) is 1. The summed E-state index contributed by atoms with van der Waals surface area (Å²) >= 11 is 0. The predicted octanol–water partition coefficient (Wildman–Crippen LogP) is -0.539. The molecule has 0 fully saturated rings. The summed E-state index contributed by atoms with van der Waals surface area (Å²) in [7, 11) is -4.86. The molecule has 0 spiro atoms. The van der Waals surface area contributed by atoms with E-state index in [1.165, 1.54) is 0 Å². The molecule has 0 saturated heterocycles. The molecule has 22 heavy (non-hydrogen) atoms. The van der Waals surface area contributed by atoms with Crippen LogP contribution in [0.15, 0.2) is 0 Å². The molecule has 0 unspecified atom stereocenters. The van der Waals surface area contributed by atoms with Gasteiger partial charge >= 0.3 is 53.4 Å². The second-order valence-corrected chi connectivity index (χ2v) is 5.54. The molecule has 0 saturated carbocycles. The van der Waals surface area contributed by atoms with E-state index in [4.69, 9.17) is 0 Å².